The molecule has 4 saturated carbocycles. The van der Waals surface area contributed by atoms with Crippen LogP contribution in [-0.2, 0) is 24.3 Å². The Morgan fingerprint density at radius 2 is 1.91 bits per heavy atom. The number of aromatic nitrogens is 2. The van der Waals surface area contributed by atoms with E-state index in [1.54, 1.807) is 12.1 Å². The van der Waals surface area contributed by atoms with E-state index in [0.29, 0.717) is 36.6 Å². The van der Waals surface area contributed by atoms with Crippen LogP contribution in [0.5, 0.6) is 5.75 Å². The maximum absolute atomic E-state index is 14.4. The molecule has 34 heavy (non-hydrogen) atoms. The average molecular weight is 465 g/mol. The number of fused-ring (bicyclic) bond motifs is 1. The van der Waals surface area contributed by atoms with Gasteiger partial charge in [-0.15, -0.1) is 0 Å². The molecular weight excluding hydrogens is 431 g/mol. The topological polar surface area (TPSA) is 67.3 Å². The second-order valence-electron chi connectivity index (χ2n) is 11.2. The molecule has 4 bridgehead atoms. The highest BCUT2D eigenvalue weighted by molar-refractivity contribution is 5.91. The Bertz CT molecular complexity index is 1070. The molecule has 2 aromatic rings. The third-order valence-electron chi connectivity index (χ3n) is 8.70. The molecule has 7 heteroatoms. The second kappa shape index (κ2) is 8.59. The van der Waals surface area contributed by atoms with E-state index in [9.17, 15) is 9.18 Å². The first-order valence-corrected chi connectivity index (χ1v) is 12.7. The van der Waals surface area contributed by atoms with Crippen molar-refractivity contribution in [3.63, 3.8) is 0 Å². The maximum atomic E-state index is 14.4. The molecule has 0 radical (unpaired) electrons. The third-order valence-corrected chi connectivity index (χ3v) is 8.70. The van der Waals surface area contributed by atoms with Gasteiger partial charge >= 0.3 is 0 Å². The number of halogens is 1. The largest absolute Gasteiger partial charge is 0.497 e. The van der Waals surface area contributed by atoms with Gasteiger partial charge in [-0.25, -0.2) is 14.4 Å². The molecule has 0 unspecified atom stereocenters. The van der Waals surface area contributed by atoms with Crippen LogP contribution in [0, 0.1) is 29.0 Å². The van der Waals surface area contributed by atoms with Crippen LogP contribution >= 0.6 is 0 Å². The van der Waals surface area contributed by atoms with E-state index in [1.807, 2.05) is 0 Å². The molecule has 2 heterocycles. The Morgan fingerprint density at radius 1 is 1.18 bits per heavy atom. The molecule has 180 valence electrons. The zero-order valence-electron chi connectivity index (χ0n) is 19.9. The first-order chi connectivity index (χ1) is 16.5. The van der Waals surface area contributed by atoms with Gasteiger partial charge in [0.1, 0.15) is 23.7 Å². The highest BCUT2D eigenvalue weighted by Gasteiger charge is 2.51. The molecule has 0 spiro atoms. The van der Waals surface area contributed by atoms with Gasteiger partial charge in [0.25, 0.3) is 0 Å². The SMILES string of the molecule is COc1ccc(CN2CCc3c(ncnc3NC(=O)CC34CC5CC(CC(C5)C3)C4)C2)c(F)c1. The Kier molecular flexibility index (Phi) is 5.55. The first-order valence-electron chi connectivity index (χ1n) is 12.7. The van der Waals surface area contributed by atoms with E-state index >= 15 is 0 Å². The predicted octanol–water partition coefficient (Wildman–Crippen LogP) is 4.73. The summed E-state index contributed by atoms with van der Waals surface area (Å²) in [6.45, 7) is 1.89. The summed E-state index contributed by atoms with van der Waals surface area (Å²) in [4.78, 5) is 24.3. The van der Waals surface area contributed by atoms with Gasteiger partial charge in [-0.2, -0.15) is 0 Å². The van der Waals surface area contributed by atoms with E-state index in [0.717, 1.165) is 42.0 Å². The van der Waals surface area contributed by atoms with Crippen molar-refractivity contribution in [1.82, 2.24) is 14.9 Å². The van der Waals surface area contributed by atoms with Gasteiger partial charge in [-0.05, 0) is 74.2 Å². The van der Waals surface area contributed by atoms with Crippen molar-refractivity contribution >= 4 is 11.7 Å². The number of carbonyl (C=O) groups excluding carboxylic acids is 1. The smallest absolute Gasteiger partial charge is 0.226 e. The minimum absolute atomic E-state index is 0.102. The lowest BCUT2D eigenvalue weighted by molar-refractivity contribution is -0.124. The molecule has 4 aliphatic carbocycles. The quantitative estimate of drug-likeness (QED) is 0.670. The third kappa shape index (κ3) is 4.19. The number of ether oxygens (including phenoxy) is 1. The van der Waals surface area contributed by atoms with E-state index in [1.165, 1.54) is 58.0 Å². The van der Waals surface area contributed by atoms with Crippen LogP contribution < -0.4 is 10.1 Å². The van der Waals surface area contributed by atoms with Crippen LogP contribution in [-0.4, -0.2) is 34.4 Å². The van der Waals surface area contributed by atoms with Crippen molar-refractivity contribution in [3.05, 3.63) is 47.2 Å². The van der Waals surface area contributed by atoms with Crippen LogP contribution in [0.3, 0.4) is 0 Å². The second-order valence-corrected chi connectivity index (χ2v) is 11.2. The van der Waals surface area contributed by atoms with Crippen molar-refractivity contribution in [2.45, 2.75) is 64.5 Å². The van der Waals surface area contributed by atoms with Crippen LogP contribution in [0.15, 0.2) is 24.5 Å². The average Bonchev–Trinajstić information content (AvgIpc) is 2.79. The van der Waals surface area contributed by atoms with Gasteiger partial charge < -0.3 is 10.1 Å². The highest BCUT2D eigenvalue weighted by Crippen LogP contribution is 2.61. The van der Waals surface area contributed by atoms with Crippen LogP contribution in [0.4, 0.5) is 10.2 Å². The summed E-state index contributed by atoms with van der Waals surface area (Å²) in [6, 6.07) is 4.99. The zero-order valence-corrected chi connectivity index (χ0v) is 19.9. The normalized spacial score (nSPS) is 29.6. The number of carbonyl (C=O) groups is 1. The van der Waals surface area contributed by atoms with Crippen LogP contribution in [0.1, 0.15) is 61.8 Å². The van der Waals surface area contributed by atoms with E-state index in [4.69, 9.17) is 4.74 Å². The number of hydrogen-bond acceptors (Lipinski definition) is 5. The summed E-state index contributed by atoms with van der Waals surface area (Å²) in [5.41, 5.74) is 2.79. The molecule has 7 rings (SSSR count). The summed E-state index contributed by atoms with van der Waals surface area (Å²) in [6.07, 6.45) is 10.7. The first kappa shape index (κ1) is 22.0. The molecule has 5 aliphatic rings. The number of amides is 1. The molecule has 1 aliphatic heterocycles. The predicted molar refractivity (Wildman–Crippen MR) is 127 cm³/mol. The van der Waals surface area contributed by atoms with Gasteiger partial charge in [0.2, 0.25) is 5.91 Å². The summed E-state index contributed by atoms with van der Waals surface area (Å²) >= 11 is 0. The minimum atomic E-state index is -0.259. The van der Waals surface area contributed by atoms with Gasteiger partial charge in [0.15, 0.2) is 0 Å². The van der Waals surface area contributed by atoms with E-state index in [-0.39, 0.29) is 17.1 Å². The zero-order chi connectivity index (χ0) is 23.3. The highest BCUT2D eigenvalue weighted by atomic mass is 19.1. The number of nitrogens with zero attached hydrogens (tertiary/aromatic N) is 3. The minimum Gasteiger partial charge on any atom is -0.497 e. The lowest BCUT2D eigenvalue weighted by Gasteiger charge is -2.56. The van der Waals surface area contributed by atoms with Gasteiger partial charge in [0, 0.05) is 43.2 Å². The fraction of sp³-hybridized carbons (Fsp3) is 0.593. The molecule has 1 amide bonds. The monoisotopic (exact) mass is 464 g/mol. The van der Waals surface area contributed by atoms with Gasteiger partial charge in [-0.3, -0.25) is 9.69 Å². The summed E-state index contributed by atoms with van der Waals surface area (Å²) in [5, 5.41) is 3.15. The molecular formula is C27H33FN4O2. The molecule has 0 atom stereocenters. The summed E-state index contributed by atoms with van der Waals surface area (Å²) in [5.74, 6) is 3.55. The Hall–Kier alpha value is -2.54. The Labute approximate surface area is 200 Å². The standard InChI is InChI=1S/C27H33FN4O2/c1-34-21-3-2-20(23(28)9-21)14-32-5-4-22-24(15-32)29-16-30-26(22)31-25(33)13-27-10-17-6-18(11-27)8-19(7-17)12-27/h2-3,9,16-19H,4-8,10-15H2,1H3,(H,29,30,31,33). The number of nitrogens with one attached hydrogen (secondary N) is 1. The van der Waals surface area contributed by atoms with E-state index in [2.05, 4.69) is 20.2 Å². The van der Waals surface area contributed by atoms with Crippen molar-refractivity contribution in [3.8, 4) is 5.75 Å². The number of hydrogen-bond donors (Lipinski definition) is 1. The fourth-order valence-electron chi connectivity index (χ4n) is 7.70. The number of methoxy groups -OCH3 is 1. The van der Waals surface area contributed by atoms with Crippen LogP contribution in [0.25, 0.3) is 0 Å². The van der Waals surface area contributed by atoms with Crippen molar-refractivity contribution < 1.29 is 13.9 Å². The van der Waals surface area contributed by atoms with Crippen molar-refractivity contribution in [2.75, 3.05) is 19.0 Å². The van der Waals surface area contributed by atoms with Gasteiger partial charge in [-0.1, -0.05) is 6.07 Å². The van der Waals surface area contributed by atoms with Crippen molar-refractivity contribution in [1.29, 1.82) is 0 Å². The lowest BCUT2D eigenvalue weighted by Crippen LogP contribution is -2.47. The number of anilines is 1. The number of benzene rings is 1. The Balaban J connectivity index is 1.12. The fourth-order valence-corrected chi connectivity index (χ4v) is 7.70. The Morgan fingerprint density at radius 3 is 2.59 bits per heavy atom. The molecule has 1 N–H and O–H groups in total. The lowest BCUT2D eigenvalue weighted by atomic mass is 9.49. The van der Waals surface area contributed by atoms with Crippen molar-refractivity contribution in [2.24, 2.45) is 23.2 Å². The number of rotatable bonds is 6. The summed E-state index contributed by atoms with van der Waals surface area (Å²) < 4.78 is 19.5. The maximum Gasteiger partial charge on any atom is 0.226 e. The molecule has 4 fully saturated rings. The van der Waals surface area contributed by atoms with E-state index < -0.39 is 0 Å². The van der Waals surface area contributed by atoms with Gasteiger partial charge in [0.05, 0.1) is 12.8 Å². The van der Waals surface area contributed by atoms with Crippen LogP contribution in [0.2, 0.25) is 0 Å². The molecule has 0 saturated heterocycles. The molecule has 1 aromatic carbocycles. The molecule has 1 aromatic heterocycles. The summed E-state index contributed by atoms with van der Waals surface area (Å²) in [7, 11) is 1.54. The molecule has 6 nitrogen and oxygen atoms in total.